The van der Waals surface area contributed by atoms with Crippen LogP contribution < -0.4 is 0 Å². The summed E-state index contributed by atoms with van der Waals surface area (Å²) in [6, 6.07) is 0.110. The molecule has 2 heterocycles. The van der Waals surface area contributed by atoms with Gasteiger partial charge in [0, 0.05) is 44.6 Å². The minimum Gasteiger partial charge on any atom is -0.396 e. The van der Waals surface area contributed by atoms with Crippen LogP contribution in [0.3, 0.4) is 0 Å². The predicted molar refractivity (Wildman–Crippen MR) is 86.8 cm³/mol. The van der Waals surface area contributed by atoms with E-state index in [1.165, 1.54) is 0 Å². The van der Waals surface area contributed by atoms with Crippen LogP contribution >= 0.6 is 0 Å². The molecule has 0 spiro atoms. The van der Waals surface area contributed by atoms with Gasteiger partial charge in [0.1, 0.15) is 0 Å². The van der Waals surface area contributed by atoms with E-state index < -0.39 is 5.41 Å². The van der Waals surface area contributed by atoms with Gasteiger partial charge in [-0.05, 0) is 26.8 Å². The highest BCUT2D eigenvalue weighted by molar-refractivity contribution is 5.82. The minimum absolute atomic E-state index is 0.0137. The Labute approximate surface area is 137 Å². The molecule has 7 heteroatoms. The largest absolute Gasteiger partial charge is 0.396 e. The maximum atomic E-state index is 13.0. The fourth-order valence-corrected chi connectivity index (χ4v) is 3.31. The summed E-state index contributed by atoms with van der Waals surface area (Å²) in [5, 5.41) is 25.6. The highest BCUT2D eigenvalue weighted by Gasteiger charge is 2.39. The van der Waals surface area contributed by atoms with Crippen molar-refractivity contribution in [1.82, 2.24) is 20.0 Å². The third-order valence-electron chi connectivity index (χ3n) is 5.01. The van der Waals surface area contributed by atoms with Crippen LogP contribution in [0.25, 0.3) is 0 Å². The first-order valence-electron chi connectivity index (χ1n) is 8.14. The van der Waals surface area contributed by atoms with Crippen molar-refractivity contribution < 1.29 is 15.0 Å². The zero-order valence-corrected chi connectivity index (χ0v) is 14.2. The monoisotopic (exact) mass is 324 g/mol. The number of carbonyl (C=O) groups is 1. The number of piperazine rings is 1. The molecule has 130 valence electrons. The summed E-state index contributed by atoms with van der Waals surface area (Å²) in [6.07, 6.45) is 2.63. The SMILES string of the molecule is Cc1n[nH]cc1C1CN(C(=O)C(C)(CCO)CCO)CCN1C. The van der Waals surface area contributed by atoms with Gasteiger partial charge in [0.05, 0.1) is 17.2 Å². The molecule has 1 saturated heterocycles. The number of aromatic amines is 1. The van der Waals surface area contributed by atoms with Crippen LogP contribution in [-0.4, -0.2) is 76.0 Å². The average molecular weight is 324 g/mol. The second kappa shape index (κ2) is 7.42. The van der Waals surface area contributed by atoms with E-state index in [9.17, 15) is 15.0 Å². The van der Waals surface area contributed by atoms with Gasteiger partial charge in [0.15, 0.2) is 0 Å². The molecule has 1 amide bonds. The summed E-state index contributed by atoms with van der Waals surface area (Å²) in [6.45, 7) is 5.73. The topological polar surface area (TPSA) is 92.7 Å². The Bertz CT molecular complexity index is 525. The highest BCUT2D eigenvalue weighted by Crippen LogP contribution is 2.32. The third kappa shape index (κ3) is 3.73. The van der Waals surface area contributed by atoms with Gasteiger partial charge in [0.2, 0.25) is 5.91 Å². The number of carbonyl (C=O) groups excluding carboxylic acids is 1. The lowest BCUT2D eigenvalue weighted by atomic mass is 9.81. The van der Waals surface area contributed by atoms with Crippen molar-refractivity contribution in [3.05, 3.63) is 17.5 Å². The van der Waals surface area contributed by atoms with E-state index in [2.05, 4.69) is 22.1 Å². The molecule has 1 aromatic heterocycles. The van der Waals surface area contributed by atoms with Crippen molar-refractivity contribution in [2.75, 3.05) is 39.9 Å². The molecule has 0 aliphatic carbocycles. The van der Waals surface area contributed by atoms with Crippen LogP contribution in [0.5, 0.6) is 0 Å². The van der Waals surface area contributed by atoms with Crippen molar-refractivity contribution in [1.29, 1.82) is 0 Å². The van der Waals surface area contributed by atoms with Crippen molar-refractivity contribution >= 4 is 5.91 Å². The molecule has 1 aromatic rings. The second-order valence-electron chi connectivity index (χ2n) is 6.68. The molecule has 0 saturated carbocycles. The number of aromatic nitrogens is 2. The van der Waals surface area contributed by atoms with Crippen LogP contribution in [0, 0.1) is 12.3 Å². The van der Waals surface area contributed by atoms with E-state index in [4.69, 9.17) is 0 Å². The molecule has 1 atom stereocenters. The Hall–Kier alpha value is -1.44. The maximum absolute atomic E-state index is 13.0. The van der Waals surface area contributed by atoms with Crippen LogP contribution in [0.2, 0.25) is 0 Å². The lowest BCUT2D eigenvalue weighted by molar-refractivity contribution is -0.146. The molecule has 0 aromatic carbocycles. The summed E-state index contributed by atoms with van der Waals surface area (Å²) < 4.78 is 0. The first kappa shape index (κ1) is 17.9. The lowest BCUT2D eigenvalue weighted by Crippen LogP contribution is -2.53. The first-order valence-corrected chi connectivity index (χ1v) is 8.14. The summed E-state index contributed by atoms with van der Waals surface area (Å²) in [7, 11) is 2.06. The normalized spacial score (nSPS) is 20.0. The van der Waals surface area contributed by atoms with Crippen molar-refractivity contribution in [2.45, 2.75) is 32.7 Å². The number of aliphatic hydroxyl groups excluding tert-OH is 2. The van der Waals surface area contributed by atoms with E-state index in [-0.39, 0.29) is 25.2 Å². The molecule has 3 N–H and O–H groups in total. The molecule has 1 aliphatic heterocycles. The Kier molecular flexibility index (Phi) is 5.78. The standard InChI is InChI=1S/C16H28N4O3/c1-12-13(10-17-18-12)14-11-20(7-6-19(14)3)15(23)16(2,4-8-21)5-9-22/h10,14,21-22H,4-9,11H2,1-3H3,(H,17,18). The van der Waals surface area contributed by atoms with Gasteiger partial charge in [-0.25, -0.2) is 0 Å². The average Bonchev–Trinajstić information content (AvgIpc) is 2.93. The van der Waals surface area contributed by atoms with Crippen molar-refractivity contribution in [3.63, 3.8) is 0 Å². The maximum Gasteiger partial charge on any atom is 0.228 e. The van der Waals surface area contributed by atoms with Crippen LogP contribution in [0.4, 0.5) is 0 Å². The van der Waals surface area contributed by atoms with E-state index >= 15 is 0 Å². The number of amides is 1. The summed E-state index contributed by atoms with van der Waals surface area (Å²) in [4.78, 5) is 17.1. The molecule has 1 unspecified atom stereocenters. The van der Waals surface area contributed by atoms with Crippen LogP contribution in [-0.2, 0) is 4.79 Å². The molecule has 0 bridgehead atoms. The van der Waals surface area contributed by atoms with Gasteiger partial charge in [0.25, 0.3) is 0 Å². The highest BCUT2D eigenvalue weighted by atomic mass is 16.3. The number of likely N-dealkylation sites (N-methyl/N-ethyl adjacent to an activating group) is 1. The quantitative estimate of drug-likeness (QED) is 0.700. The number of rotatable bonds is 6. The Morgan fingerprint density at radius 2 is 2.04 bits per heavy atom. The number of hydrogen-bond acceptors (Lipinski definition) is 5. The predicted octanol–water partition coefficient (Wildman–Crippen LogP) is 0.304. The summed E-state index contributed by atoms with van der Waals surface area (Å²) in [5.74, 6) is 0.0137. The van der Waals surface area contributed by atoms with Gasteiger partial charge < -0.3 is 15.1 Å². The third-order valence-corrected chi connectivity index (χ3v) is 5.01. The van der Waals surface area contributed by atoms with Crippen molar-refractivity contribution in [2.24, 2.45) is 5.41 Å². The zero-order chi connectivity index (χ0) is 17.0. The number of aliphatic hydroxyl groups is 2. The molecule has 7 nitrogen and oxygen atoms in total. The van der Waals surface area contributed by atoms with Gasteiger partial charge >= 0.3 is 0 Å². The molecule has 1 aliphatic rings. The molecule has 1 fully saturated rings. The fourth-order valence-electron chi connectivity index (χ4n) is 3.31. The molecule has 0 radical (unpaired) electrons. The second-order valence-corrected chi connectivity index (χ2v) is 6.68. The number of nitrogens with zero attached hydrogens (tertiary/aromatic N) is 3. The van der Waals surface area contributed by atoms with Gasteiger partial charge in [-0.3, -0.25) is 14.8 Å². The van der Waals surface area contributed by atoms with Crippen LogP contribution in [0.1, 0.15) is 37.1 Å². The van der Waals surface area contributed by atoms with Crippen LogP contribution in [0.15, 0.2) is 6.20 Å². The number of hydrogen-bond donors (Lipinski definition) is 3. The number of H-pyrrole nitrogens is 1. The van der Waals surface area contributed by atoms with E-state index in [0.29, 0.717) is 25.9 Å². The van der Waals surface area contributed by atoms with Gasteiger partial charge in [-0.2, -0.15) is 5.10 Å². The number of aryl methyl sites for hydroxylation is 1. The first-order chi connectivity index (χ1) is 10.9. The van der Waals surface area contributed by atoms with Gasteiger partial charge in [-0.1, -0.05) is 6.92 Å². The summed E-state index contributed by atoms with van der Waals surface area (Å²) >= 11 is 0. The lowest BCUT2D eigenvalue weighted by Gasteiger charge is -2.43. The zero-order valence-electron chi connectivity index (χ0n) is 14.2. The van der Waals surface area contributed by atoms with E-state index in [1.54, 1.807) is 0 Å². The molecule has 23 heavy (non-hydrogen) atoms. The Balaban J connectivity index is 2.17. The molecular formula is C16H28N4O3. The molecule has 2 rings (SSSR count). The van der Waals surface area contributed by atoms with Crippen molar-refractivity contribution in [3.8, 4) is 0 Å². The number of nitrogens with one attached hydrogen (secondary N) is 1. The summed E-state index contributed by atoms with van der Waals surface area (Å²) in [5.41, 5.74) is 1.34. The smallest absolute Gasteiger partial charge is 0.228 e. The fraction of sp³-hybridized carbons (Fsp3) is 0.750. The Morgan fingerprint density at radius 1 is 1.39 bits per heavy atom. The van der Waals surface area contributed by atoms with Gasteiger partial charge in [-0.15, -0.1) is 0 Å². The molecular weight excluding hydrogens is 296 g/mol. The van der Waals surface area contributed by atoms with E-state index in [1.807, 2.05) is 24.9 Å². The van der Waals surface area contributed by atoms with E-state index in [0.717, 1.165) is 17.8 Å². The minimum atomic E-state index is -0.713. The Morgan fingerprint density at radius 3 is 2.57 bits per heavy atom.